The molecule has 1 aromatic heterocycles. The molecule has 4 rings (SSSR count). The van der Waals surface area contributed by atoms with Crippen LogP contribution in [-0.4, -0.2) is 20.7 Å². The first-order valence-corrected chi connectivity index (χ1v) is 8.36. The van der Waals surface area contributed by atoms with E-state index in [1.54, 1.807) is 36.4 Å². The van der Waals surface area contributed by atoms with E-state index >= 15 is 0 Å². The number of carbonyl (C=O) groups excluding carboxylic acids is 1. The van der Waals surface area contributed by atoms with Gasteiger partial charge in [-0.1, -0.05) is 72.2 Å². The summed E-state index contributed by atoms with van der Waals surface area (Å²) in [4.78, 5) is 15.4. The van der Waals surface area contributed by atoms with Gasteiger partial charge in [-0.25, -0.2) is 9.67 Å². The molecule has 0 atom stereocenters. The quantitative estimate of drug-likeness (QED) is 0.452. The summed E-state index contributed by atoms with van der Waals surface area (Å²) in [6, 6.07) is 18.5. The molecule has 0 bridgehead atoms. The van der Waals surface area contributed by atoms with Gasteiger partial charge in [-0.3, -0.25) is 0 Å². The molecule has 7 nitrogen and oxygen atoms in total. The third kappa shape index (κ3) is 3.84. The summed E-state index contributed by atoms with van der Waals surface area (Å²) in [5.74, 6) is -1.35. The standard InChI is InChI=1S/C21H15N3O4.Fe/c25-17-7-3-1-5-15(17)19-22-20(16-6-2-4-8-18(16)26)24(23-19)14-11-9-13(10-12-14)21(27)28;/h1-12,25-26H,(H,27,28);/p-3. The van der Waals surface area contributed by atoms with Gasteiger partial charge in [0.2, 0.25) is 0 Å². The third-order valence-electron chi connectivity index (χ3n) is 4.21. The van der Waals surface area contributed by atoms with Crippen molar-refractivity contribution in [2.45, 2.75) is 0 Å². The van der Waals surface area contributed by atoms with Crippen LogP contribution < -0.4 is 15.3 Å². The number of para-hydroxylation sites is 2. The van der Waals surface area contributed by atoms with Crippen molar-refractivity contribution < 1.29 is 37.2 Å². The number of carboxylic acids is 1. The summed E-state index contributed by atoms with van der Waals surface area (Å²) < 4.78 is 1.41. The first-order valence-electron chi connectivity index (χ1n) is 8.36. The first-order chi connectivity index (χ1) is 13.5. The van der Waals surface area contributed by atoms with Gasteiger partial charge in [0, 0.05) is 28.2 Å². The molecular formula is C21H12FeN3O4-3. The second kappa shape index (κ2) is 8.18. The topological polar surface area (TPSA) is 117 Å². The molecule has 0 aliphatic heterocycles. The number of nitrogens with zero attached hydrogens (tertiary/aromatic N) is 3. The van der Waals surface area contributed by atoms with Gasteiger partial charge in [0.15, 0.2) is 11.6 Å². The van der Waals surface area contributed by atoms with Gasteiger partial charge in [0.05, 0.1) is 11.7 Å². The van der Waals surface area contributed by atoms with Crippen LogP contribution in [0.15, 0.2) is 72.8 Å². The second-order valence-corrected chi connectivity index (χ2v) is 6.00. The molecule has 0 fully saturated rings. The van der Waals surface area contributed by atoms with Gasteiger partial charge >= 0.3 is 0 Å². The molecule has 4 aromatic rings. The summed E-state index contributed by atoms with van der Waals surface area (Å²) in [5, 5.41) is 39.9. The molecule has 0 aliphatic carbocycles. The Balaban J connectivity index is 0.00000240. The minimum absolute atomic E-state index is 0. The van der Waals surface area contributed by atoms with E-state index in [2.05, 4.69) is 10.1 Å². The number of hydrogen-bond acceptors (Lipinski definition) is 6. The number of benzene rings is 3. The smallest absolute Gasteiger partial charge is 0.181 e. The van der Waals surface area contributed by atoms with Crippen molar-refractivity contribution >= 4 is 5.97 Å². The molecule has 0 saturated carbocycles. The van der Waals surface area contributed by atoms with Gasteiger partial charge in [-0.05, 0) is 17.7 Å². The van der Waals surface area contributed by atoms with E-state index in [-0.39, 0.29) is 45.8 Å². The molecule has 3 aromatic carbocycles. The monoisotopic (exact) mass is 426 g/mol. The molecule has 0 radical (unpaired) electrons. The van der Waals surface area contributed by atoms with Crippen LogP contribution >= 0.6 is 0 Å². The van der Waals surface area contributed by atoms with Gasteiger partial charge in [-0.15, -0.1) is 5.10 Å². The van der Waals surface area contributed by atoms with E-state index in [9.17, 15) is 20.1 Å². The molecule has 29 heavy (non-hydrogen) atoms. The number of aromatic carboxylic acids is 1. The molecule has 0 N–H and O–H groups in total. The zero-order chi connectivity index (χ0) is 19.7. The van der Waals surface area contributed by atoms with Crippen LogP contribution in [0, 0.1) is 0 Å². The van der Waals surface area contributed by atoms with Crippen LogP contribution in [0.4, 0.5) is 0 Å². The molecule has 146 valence electrons. The predicted octanol–water partition coefficient (Wildman–Crippen LogP) is 1.11. The molecule has 0 amide bonds. The molecule has 8 heteroatoms. The molecular weight excluding hydrogens is 414 g/mol. The Hall–Kier alpha value is -3.61. The Kier molecular flexibility index (Phi) is 5.68. The summed E-state index contributed by atoms with van der Waals surface area (Å²) in [6.45, 7) is 0. The van der Waals surface area contributed by atoms with E-state index in [4.69, 9.17) is 0 Å². The Morgan fingerprint density at radius 3 is 1.90 bits per heavy atom. The number of carbonyl (C=O) groups is 1. The number of carboxylic acid groups (broad SMARTS) is 1. The number of aromatic nitrogens is 3. The minimum atomic E-state index is -1.30. The zero-order valence-electron chi connectivity index (χ0n) is 14.8. The maximum absolute atomic E-state index is 12.3. The van der Waals surface area contributed by atoms with Crippen molar-refractivity contribution in [1.29, 1.82) is 0 Å². The SMILES string of the molecule is O=C([O-])c1ccc(-n2nc(-c3ccccc3[O-])nc2-c2ccccc2[O-])cc1.[Fe]. The van der Waals surface area contributed by atoms with Gasteiger partial charge < -0.3 is 20.1 Å². The van der Waals surface area contributed by atoms with E-state index in [1.807, 2.05) is 0 Å². The molecule has 0 unspecified atom stereocenters. The average molecular weight is 426 g/mol. The van der Waals surface area contributed by atoms with Crippen LogP contribution in [0.1, 0.15) is 10.4 Å². The van der Waals surface area contributed by atoms with E-state index < -0.39 is 5.97 Å². The maximum atomic E-state index is 12.3. The van der Waals surface area contributed by atoms with Gasteiger partial charge in [0.25, 0.3) is 0 Å². The Labute approximate surface area is 176 Å². The largest absolute Gasteiger partial charge is 0.872 e. The summed E-state index contributed by atoms with van der Waals surface area (Å²) in [5.41, 5.74) is 1.12. The normalized spacial score (nSPS) is 10.3. The van der Waals surface area contributed by atoms with Gasteiger partial charge in [0.1, 0.15) is 0 Å². The van der Waals surface area contributed by atoms with Crippen LogP contribution in [0.2, 0.25) is 0 Å². The van der Waals surface area contributed by atoms with Crippen molar-refractivity contribution in [2.24, 2.45) is 0 Å². The zero-order valence-corrected chi connectivity index (χ0v) is 15.9. The van der Waals surface area contributed by atoms with E-state index in [1.165, 1.54) is 41.1 Å². The fourth-order valence-corrected chi connectivity index (χ4v) is 2.82. The third-order valence-corrected chi connectivity index (χ3v) is 4.21. The van der Waals surface area contributed by atoms with Crippen LogP contribution in [0.3, 0.4) is 0 Å². The summed E-state index contributed by atoms with van der Waals surface area (Å²) in [6.07, 6.45) is 0. The van der Waals surface area contributed by atoms with Gasteiger partial charge in [-0.2, -0.15) is 0 Å². The van der Waals surface area contributed by atoms with Crippen molar-refractivity contribution in [2.75, 3.05) is 0 Å². The second-order valence-electron chi connectivity index (χ2n) is 6.00. The summed E-state index contributed by atoms with van der Waals surface area (Å²) in [7, 11) is 0. The Morgan fingerprint density at radius 2 is 1.34 bits per heavy atom. The van der Waals surface area contributed by atoms with Crippen LogP contribution in [-0.2, 0) is 17.1 Å². The number of rotatable bonds is 4. The average Bonchev–Trinajstić information content (AvgIpc) is 3.13. The van der Waals surface area contributed by atoms with Crippen LogP contribution in [0.25, 0.3) is 28.5 Å². The fourth-order valence-electron chi connectivity index (χ4n) is 2.82. The number of hydrogen-bond donors (Lipinski definition) is 0. The minimum Gasteiger partial charge on any atom is -0.872 e. The van der Waals surface area contributed by atoms with Crippen molar-refractivity contribution in [3.63, 3.8) is 0 Å². The predicted molar refractivity (Wildman–Crippen MR) is 95.5 cm³/mol. The van der Waals surface area contributed by atoms with Crippen molar-refractivity contribution in [3.05, 3.63) is 78.4 Å². The van der Waals surface area contributed by atoms with E-state index in [0.29, 0.717) is 16.8 Å². The summed E-state index contributed by atoms with van der Waals surface area (Å²) >= 11 is 0. The van der Waals surface area contributed by atoms with Crippen molar-refractivity contribution in [3.8, 4) is 40.0 Å². The molecule has 1 heterocycles. The van der Waals surface area contributed by atoms with Crippen LogP contribution in [0.5, 0.6) is 11.5 Å². The molecule has 0 aliphatic rings. The Bertz CT molecular complexity index is 1170. The fraction of sp³-hybridized carbons (Fsp3) is 0. The molecule has 0 saturated heterocycles. The molecule has 0 spiro atoms. The first kappa shape index (κ1) is 20.1. The Morgan fingerprint density at radius 1 is 0.793 bits per heavy atom. The van der Waals surface area contributed by atoms with E-state index in [0.717, 1.165) is 0 Å². The van der Waals surface area contributed by atoms with Crippen molar-refractivity contribution in [1.82, 2.24) is 14.8 Å². The maximum Gasteiger partial charge on any atom is 0.181 e.